The van der Waals surface area contributed by atoms with Gasteiger partial charge in [0.15, 0.2) is 0 Å². The number of fused-ring (bicyclic) bond motifs is 1. The lowest BCUT2D eigenvalue weighted by atomic mass is 10.2. The van der Waals surface area contributed by atoms with Crippen LogP contribution in [0.5, 0.6) is 11.5 Å². The number of rotatable bonds is 3. The average Bonchev–Trinajstić information content (AvgIpc) is 2.48. The maximum Gasteiger partial charge on any atom is 0.406 e. The first-order valence-corrected chi connectivity index (χ1v) is 6.27. The Kier molecular flexibility index (Phi) is 3.13. The zero-order valence-corrected chi connectivity index (χ0v) is 11.0. The number of nitrogens with one attached hydrogen (secondary N) is 1. The molecule has 0 saturated carbocycles. The molecule has 4 nitrogen and oxygen atoms in total. The van der Waals surface area contributed by atoms with Gasteiger partial charge in [0.25, 0.3) is 0 Å². The molecule has 1 aliphatic rings. The lowest BCUT2D eigenvalue weighted by Crippen LogP contribution is -2.31. The fourth-order valence-corrected chi connectivity index (χ4v) is 1.99. The fraction of sp³-hybridized carbons (Fsp3) is 0.0625. The third-order valence-corrected chi connectivity index (χ3v) is 3.01. The van der Waals surface area contributed by atoms with Crippen molar-refractivity contribution in [1.29, 1.82) is 5.41 Å². The average molecular weight is 266 g/mol. The number of ether oxygens (including phenoxy) is 2. The molecule has 1 N–H and O–H groups in total. The van der Waals surface area contributed by atoms with Crippen LogP contribution in [0.25, 0.3) is 0 Å². The summed E-state index contributed by atoms with van der Waals surface area (Å²) in [6.45, 7) is 0. The molecule has 20 heavy (non-hydrogen) atoms. The van der Waals surface area contributed by atoms with Gasteiger partial charge in [0.2, 0.25) is 0 Å². The Labute approximate surface area is 117 Å². The first-order chi connectivity index (χ1) is 9.78. The van der Waals surface area contributed by atoms with E-state index in [0.29, 0.717) is 17.7 Å². The molecule has 2 aromatic carbocycles. The van der Waals surface area contributed by atoms with Crippen LogP contribution in [0.4, 0.5) is 0 Å². The summed E-state index contributed by atoms with van der Waals surface area (Å²) in [6.07, 6.45) is 3.58. The molecular weight excluding hydrogens is 252 g/mol. The topological polar surface area (TPSA) is 45.3 Å². The highest BCUT2D eigenvalue weighted by Crippen LogP contribution is 2.27. The van der Waals surface area contributed by atoms with Gasteiger partial charge < -0.3 is 14.9 Å². The predicted molar refractivity (Wildman–Crippen MR) is 76.6 cm³/mol. The second kappa shape index (κ2) is 5.09. The Balaban J connectivity index is 1.88. The summed E-state index contributed by atoms with van der Waals surface area (Å²) in [6, 6.07) is 15.1. The molecule has 0 aromatic heterocycles. The van der Waals surface area contributed by atoms with Gasteiger partial charge in [0.05, 0.1) is 0 Å². The molecule has 0 atom stereocenters. The van der Waals surface area contributed by atoms with Crippen LogP contribution < -0.4 is 9.47 Å². The van der Waals surface area contributed by atoms with E-state index < -0.39 is 0 Å². The van der Waals surface area contributed by atoms with E-state index in [1.165, 1.54) is 6.21 Å². The van der Waals surface area contributed by atoms with E-state index in [1.807, 2.05) is 61.8 Å². The third kappa shape index (κ3) is 2.23. The van der Waals surface area contributed by atoms with E-state index in [-0.39, 0.29) is 0 Å². The minimum atomic E-state index is 0.373. The van der Waals surface area contributed by atoms with E-state index in [2.05, 4.69) is 0 Å². The summed E-state index contributed by atoms with van der Waals surface area (Å²) in [4.78, 5) is 0. The highest BCUT2D eigenvalue weighted by molar-refractivity contribution is 5.82. The number of hydrogen-bond acceptors (Lipinski definition) is 3. The van der Waals surface area contributed by atoms with Crippen LogP contribution in [0.3, 0.4) is 0 Å². The number of hydrogen-bond donors (Lipinski definition) is 1. The van der Waals surface area contributed by atoms with Gasteiger partial charge in [-0.25, -0.2) is 0 Å². The van der Waals surface area contributed by atoms with Crippen LogP contribution in [0.15, 0.2) is 48.5 Å². The van der Waals surface area contributed by atoms with Gasteiger partial charge in [0.1, 0.15) is 18.5 Å². The molecule has 1 heterocycles. The number of benzene rings is 2. The summed E-state index contributed by atoms with van der Waals surface area (Å²) in [7, 11) is 1.86. The molecule has 0 unspecified atom stereocenters. The Morgan fingerprint density at radius 2 is 1.90 bits per heavy atom. The molecule has 0 aliphatic carbocycles. The van der Waals surface area contributed by atoms with E-state index >= 15 is 0 Å². The first kappa shape index (κ1) is 12.3. The van der Waals surface area contributed by atoms with Crippen LogP contribution in [-0.4, -0.2) is 24.1 Å². The van der Waals surface area contributed by atoms with Crippen LogP contribution in [0.2, 0.25) is 0 Å². The van der Waals surface area contributed by atoms with Crippen molar-refractivity contribution in [2.75, 3.05) is 7.05 Å². The van der Waals surface area contributed by atoms with Crippen molar-refractivity contribution in [3.05, 3.63) is 66.1 Å². The molecule has 0 bridgehead atoms. The highest BCUT2D eigenvalue weighted by Gasteiger charge is 2.21. The Bertz CT molecular complexity index is 680. The van der Waals surface area contributed by atoms with Gasteiger partial charge in [-0.1, -0.05) is 30.3 Å². The maximum absolute atomic E-state index is 7.39. The second-order valence-corrected chi connectivity index (χ2v) is 4.43. The first-order valence-electron chi connectivity index (χ1n) is 6.27. The van der Waals surface area contributed by atoms with Gasteiger partial charge in [-0.3, -0.25) is 4.58 Å². The van der Waals surface area contributed by atoms with Crippen molar-refractivity contribution in [2.45, 2.75) is 0 Å². The van der Waals surface area contributed by atoms with Crippen LogP contribution in [-0.2, 0) is 0 Å². The highest BCUT2D eigenvalue weighted by atomic mass is 16.7. The van der Waals surface area contributed by atoms with Gasteiger partial charge in [-0.05, 0) is 23.8 Å². The molecule has 0 amide bonds. The molecule has 1 aliphatic heterocycles. The summed E-state index contributed by atoms with van der Waals surface area (Å²) >= 11 is 0. The SMILES string of the molecule is C[N+]1=Cc2ccccc2O[C-]1Oc1ccccc1C=N. The lowest BCUT2D eigenvalue weighted by molar-refractivity contribution is -0.549. The zero-order valence-electron chi connectivity index (χ0n) is 11.0. The monoisotopic (exact) mass is 266 g/mol. The van der Waals surface area contributed by atoms with Gasteiger partial charge in [-0.15, -0.1) is 0 Å². The summed E-state index contributed by atoms with van der Waals surface area (Å²) in [5.74, 6) is 1.35. The van der Waals surface area contributed by atoms with E-state index in [4.69, 9.17) is 14.9 Å². The van der Waals surface area contributed by atoms with Crippen molar-refractivity contribution in [3.8, 4) is 11.5 Å². The molecular formula is C16H14N2O2. The summed E-state index contributed by atoms with van der Waals surface area (Å²) in [5.41, 5.74) is 1.71. The summed E-state index contributed by atoms with van der Waals surface area (Å²) in [5, 5.41) is 7.39. The van der Waals surface area contributed by atoms with E-state index in [1.54, 1.807) is 4.58 Å². The number of nitrogens with zero attached hydrogens (tertiary/aromatic N) is 1. The van der Waals surface area contributed by atoms with Crippen LogP contribution in [0.1, 0.15) is 11.1 Å². The largest absolute Gasteiger partial charge is 0.465 e. The number of para-hydroxylation sites is 2. The minimum absolute atomic E-state index is 0.373. The van der Waals surface area contributed by atoms with Crippen molar-refractivity contribution in [2.24, 2.45) is 0 Å². The molecule has 0 spiro atoms. The normalized spacial score (nSPS) is 13.1. The van der Waals surface area contributed by atoms with Crippen molar-refractivity contribution in [3.63, 3.8) is 0 Å². The van der Waals surface area contributed by atoms with Gasteiger partial charge in [-0.2, -0.15) is 0 Å². The van der Waals surface area contributed by atoms with E-state index in [0.717, 1.165) is 11.3 Å². The second-order valence-electron chi connectivity index (χ2n) is 4.43. The summed E-state index contributed by atoms with van der Waals surface area (Å²) < 4.78 is 13.3. The molecule has 2 aromatic rings. The Morgan fingerprint density at radius 3 is 2.75 bits per heavy atom. The fourth-order valence-electron chi connectivity index (χ4n) is 1.99. The van der Waals surface area contributed by atoms with Gasteiger partial charge in [0, 0.05) is 18.0 Å². The molecule has 0 fully saturated rings. The van der Waals surface area contributed by atoms with Crippen molar-refractivity contribution in [1.82, 2.24) is 0 Å². The standard InChI is InChI=1S/C16H14N2O2/c1-18-11-13-7-3-5-9-15(13)20-16(18)19-14-8-4-2-6-12(14)10-17/h2-11,17H,1H3. The zero-order chi connectivity index (χ0) is 13.9. The van der Waals surface area contributed by atoms with Crippen molar-refractivity contribution >= 4 is 12.4 Å². The molecule has 0 radical (unpaired) electrons. The maximum atomic E-state index is 7.39. The quantitative estimate of drug-likeness (QED) is 0.527. The smallest absolute Gasteiger partial charge is 0.406 e. The molecule has 4 heteroatoms. The Hall–Kier alpha value is -2.75. The third-order valence-electron chi connectivity index (χ3n) is 3.01. The van der Waals surface area contributed by atoms with Crippen LogP contribution in [0, 0.1) is 11.8 Å². The van der Waals surface area contributed by atoms with Crippen LogP contribution >= 0.6 is 0 Å². The lowest BCUT2D eigenvalue weighted by Gasteiger charge is -2.27. The Morgan fingerprint density at radius 1 is 1.15 bits per heavy atom. The molecule has 3 rings (SSSR count). The predicted octanol–water partition coefficient (Wildman–Crippen LogP) is 2.66. The molecule has 100 valence electrons. The van der Waals surface area contributed by atoms with Crippen molar-refractivity contribution < 1.29 is 14.0 Å². The minimum Gasteiger partial charge on any atom is -0.465 e. The van der Waals surface area contributed by atoms with Gasteiger partial charge >= 0.3 is 6.41 Å². The molecule has 0 saturated heterocycles. The van der Waals surface area contributed by atoms with E-state index in [9.17, 15) is 0 Å².